The highest BCUT2D eigenvalue weighted by Crippen LogP contribution is 2.52. The zero-order valence-corrected chi connectivity index (χ0v) is 8.30. The molecule has 5 nitrogen and oxygen atoms in total. The molecular formula is C9H14N2O3. The highest BCUT2D eigenvalue weighted by molar-refractivity contribution is 5.82. The van der Waals surface area contributed by atoms with Crippen LogP contribution in [-0.2, 0) is 4.79 Å². The molecule has 0 aromatic heterocycles. The van der Waals surface area contributed by atoms with Crippen molar-refractivity contribution in [1.82, 2.24) is 9.80 Å². The lowest BCUT2D eigenvalue weighted by Gasteiger charge is -2.17. The Morgan fingerprint density at radius 2 is 1.79 bits per heavy atom. The number of piperidine rings is 1. The molecule has 0 aromatic carbocycles. The summed E-state index contributed by atoms with van der Waals surface area (Å²) in [5.41, 5.74) is 0. The number of carbonyl (C=O) groups is 2. The largest absolute Gasteiger partial charge is 0.465 e. The minimum Gasteiger partial charge on any atom is -0.465 e. The van der Waals surface area contributed by atoms with Crippen LogP contribution in [0.3, 0.4) is 0 Å². The van der Waals surface area contributed by atoms with Gasteiger partial charge in [0.15, 0.2) is 0 Å². The van der Waals surface area contributed by atoms with Crippen molar-refractivity contribution in [2.75, 3.05) is 27.2 Å². The van der Waals surface area contributed by atoms with Gasteiger partial charge in [-0.3, -0.25) is 4.79 Å². The van der Waals surface area contributed by atoms with E-state index in [9.17, 15) is 9.59 Å². The second-order valence-electron chi connectivity index (χ2n) is 4.27. The van der Waals surface area contributed by atoms with Gasteiger partial charge in [0.1, 0.15) is 0 Å². The first-order valence-electron chi connectivity index (χ1n) is 4.71. The highest BCUT2D eigenvalue weighted by atomic mass is 16.4. The number of fused-ring (bicyclic) bond motifs is 1. The topological polar surface area (TPSA) is 60.9 Å². The van der Waals surface area contributed by atoms with Crippen molar-refractivity contribution < 1.29 is 14.7 Å². The molecule has 2 rings (SSSR count). The SMILES string of the molecule is CN(C)C(=O)[C@H]1[C@@H]2CN(C(=O)O)C[C@@H]21. The Morgan fingerprint density at radius 3 is 2.14 bits per heavy atom. The van der Waals surface area contributed by atoms with Crippen LogP contribution in [0, 0.1) is 17.8 Å². The van der Waals surface area contributed by atoms with E-state index in [0.717, 1.165) is 0 Å². The molecule has 0 bridgehead atoms. The van der Waals surface area contributed by atoms with Crippen LogP contribution in [0.4, 0.5) is 4.79 Å². The van der Waals surface area contributed by atoms with Crippen molar-refractivity contribution in [1.29, 1.82) is 0 Å². The fraction of sp³-hybridized carbons (Fsp3) is 0.778. The second-order valence-corrected chi connectivity index (χ2v) is 4.27. The van der Waals surface area contributed by atoms with Gasteiger partial charge in [0, 0.05) is 33.1 Å². The number of hydrogen-bond donors (Lipinski definition) is 1. The van der Waals surface area contributed by atoms with Gasteiger partial charge in [-0.05, 0) is 11.8 Å². The van der Waals surface area contributed by atoms with Gasteiger partial charge < -0.3 is 14.9 Å². The minimum atomic E-state index is -0.867. The van der Waals surface area contributed by atoms with E-state index in [0.29, 0.717) is 13.1 Å². The maximum atomic E-state index is 11.6. The van der Waals surface area contributed by atoms with Gasteiger partial charge >= 0.3 is 6.09 Å². The van der Waals surface area contributed by atoms with E-state index >= 15 is 0 Å². The standard InChI is InChI=1S/C9H14N2O3/c1-10(2)8(12)7-5-3-11(9(13)14)4-6(5)7/h5-7H,3-4H2,1-2H3,(H,13,14)/t5-,6+,7+. The molecule has 2 fully saturated rings. The van der Waals surface area contributed by atoms with Crippen LogP contribution >= 0.6 is 0 Å². The molecule has 14 heavy (non-hydrogen) atoms. The molecule has 1 saturated heterocycles. The third-order valence-electron chi connectivity index (χ3n) is 3.19. The number of likely N-dealkylation sites (tertiary alicyclic amines) is 1. The van der Waals surface area contributed by atoms with E-state index in [4.69, 9.17) is 5.11 Å². The van der Waals surface area contributed by atoms with Gasteiger partial charge in [0.2, 0.25) is 5.91 Å². The van der Waals surface area contributed by atoms with Gasteiger partial charge in [-0.25, -0.2) is 4.79 Å². The van der Waals surface area contributed by atoms with Crippen molar-refractivity contribution in [3.05, 3.63) is 0 Å². The lowest BCUT2D eigenvalue weighted by Crippen LogP contribution is -2.33. The Hall–Kier alpha value is -1.26. The number of rotatable bonds is 1. The lowest BCUT2D eigenvalue weighted by molar-refractivity contribution is -0.131. The van der Waals surface area contributed by atoms with Gasteiger partial charge in [0.05, 0.1) is 0 Å². The minimum absolute atomic E-state index is 0.0839. The molecule has 1 aliphatic carbocycles. The van der Waals surface area contributed by atoms with Crippen molar-refractivity contribution in [2.45, 2.75) is 0 Å². The molecule has 5 heteroatoms. The average Bonchev–Trinajstić information content (AvgIpc) is 2.57. The van der Waals surface area contributed by atoms with Crippen molar-refractivity contribution >= 4 is 12.0 Å². The fourth-order valence-electron chi connectivity index (χ4n) is 2.35. The van der Waals surface area contributed by atoms with Crippen molar-refractivity contribution in [3.63, 3.8) is 0 Å². The molecule has 0 unspecified atom stereocenters. The molecule has 2 amide bonds. The Morgan fingerprint density at radius 1 is 1.29 bits per heavy atom. The van der Waals surface area contributed by atoms with Crippen LogP contribution in [0.25, 0.3) is 0 Å². The summed E-state index contributed by atoms with van der Waals surface area (Å²) in [4.78, 5) is 25.2. The zero-order chi connectivity index (χ0) is 10.5. The van der Waals surface area contributed by atoms with Crippen LogP contribution in [0.1, 0.15) is 0 Å². The maximum absolute atomic E-state index is 11.6. The summed E-state index contributed by atoms with van der Waals surface area (Å²) in [6, 6.07) is 0. The third kappa shape index (κ3) is 1.23. The molecule has 1 N–H and O–H groups in total. The van der Waals surface area contributed by atoms with Crippen molar-refractivity contribution in [2.24, 2.45) is 17.8 Å². The van der Waals surface area contributed by atoms with E-state index in [1.807, 2.05) is 0 Å². The Bertz CT molecular complexity index is 278. The average molecular weight is 198 g/mol. The molecule has 0 spiro atoms. The van der Waals surface area contributed by atoms with E-state index in [1.165, 1.54) is 4.90 Å². The number of nitrogens with zero attached hydrogens (tertiary/aromatic N) is 2. The number of amides is 2. The molecule has 78 valence electrons. The first kappa shape index (κ1) is 9.30. The summed E-state index contributed by atoms with van der Waals surface area (Å²) in [5.74, 6) is 0.785. The fourth-order valence-corrected chi connectivity index (χ4v) is 2.35. The Labute approximate surface area is 82.3 Å². The third-order valence-corrected chi connectivity index (χ3v) is 3.19. The van der Waals surface area contributed by atoms with E-state index in [-0.39, 0.29) is 23.7 Å². The molecule has 1 saturated carbocycles. The highest BCUT2D eigenvalue weighted by Gasteiger charge is 2.60. The lowest BCUT2D eigenvalue weighted by atomic mass is 10.2. The van der Waals surface area contributed by atoms with E-state index in [2.05, 4.69) is 0 Å². The van der Waals surface area contributed by atoms with Crippen molar-refractivity contribution in [3.8, 4) is 0 Å². The van der Waals surface area contributed by atoms with Crippen LogP contribution in [0.5, 0.6) is 0 Å². The summed E-state index contributed by atoms with van der Waals surface area (Å²) < 4.78 is 0. The zero-order valence-electron chi connectivity index (χ0n) is 8.30. The summed E-state index contributed by atoms with van der Waals surface area (Å²) in [5, 5.41) is 8.72. The van der Waals surface area contributed by atoms with Crippen LogP contribution in [0.15, 0.2) is 0 Å². The molecule has 1 aliphatic heterocycles. The molecule has 1 heterocycles. The Balaban J connectivity index is 1.91. The quantitative estimate of drug-likeness (QED) is 0.641. The summed E-state index contributed by atoms with van der Waals surface area (Å²) >= 11 is 0. The predicted molar refractivity (Wildman–Crippen MR) is 48.8 cm³/mol. The summed E-state index contributed by atoms with van der Waals surface area (Å²) in [6.07, 6.45) is -0.867. The van der Waals surface area contributed by atoms with Crippen LogP contribution < -0.4 is 0 Å². The molecule has 2 aliphatic rings. The predicted octanol–water partition coefficient (Wildman–Crippen LogP) is -0.0696. The maximum Gasteiger partial charge on any atom is 0.407 e. The molecule has 0 radical (unpaired) electrons. The van der Waals surface area contributed by atoms with E-state index in [1.54, 1.807) is 19.0 Å². The molecule has 3 atom stereocenters. The molecular weight excluding hydrogens is 184 g/mol. The monoisotopic (exact) mass is 198 g/mol. The van der Waals surface area contributed by atoms with Crippen LogP contribution in [0.2, 0.25) is 0 Å². The smallest absolute Gasteiger partial charge is 0.407 e. The first-order chi connectivity index (χ1) is 6.52. The number of carboxylic acid groups (broad SMARTS) is 1. The first-order valence-corrected chi connectivity index (χ1v) is 4.71. The van der Waals surface area contributed by atoms with Crippen LogP contribution in [-0.4, -0.2) is 54.1 Å². The summed E-state index contributed by atoms with van der Waals surface area (Å²) in [7, 11) is 3.48. The van der Waals surface area contributed by atoms with Gasteiger partial charge in [-0.2, -0.15) is 0 Å². The van der Waals surface area contributed by atoms with Gasteiger partial charge in [-0.1, -0.05) is 0 Å². The second kappa shape index (κ2) is 2.87. The summed E-state index contributed by atoms with van der Waals surface area (Å²) in [6.45, 7) is 1.06. The van der Waals surface area contributed by atoms with Gasteiger partial charge in [0.25, 0.3) is 0 Å². The number of hydrogen-bond acceptors (Lipinski definition) is 2. The van der Waals surface area contributed by atoms with E-state index < -0.39 is 6.09 Å². The Kier molecular flexibility index (Phi) is 1.90. The van der Waals surface area contributed by atoms with Gasteiger partial charge in [-0.15, -0.1) is 0 Å². The number of carbonyl (C=O) groups excluding carboxylic acids is 1. The normalized spacial score (nSPS) is 33.9. The molecule has 0 aromatic rings.